The molecule has 0 fully saturated rings. The molecule has 1 aromatic carbocycles. The van der Waals surface area contributed by atoms with E-state index in [0.717, 1.165) is 23.9 Å². The summed E-state index contributed by atoms with van der Waals surface area (Å²) in [6, 6.07) is 14.2. The van der Waals surface area contributed by atoms with E-state index in [-0.39, 0.29) is 0 Å². The molecule has 2 aromatic heterocycles. The highest BCUT2D eigenvalue weighted by atomic mass is 15.2. The third kappa shape index (κ3) is 4.19. The molecule has 0 spiro atoms. The standard InChI is InChI=1S/C18H20N6/c1-19-18(22-11-15-5-3-2-4-6-15)23-13-16-7-8-17(21-12-16)24-10-9-20-14-24/h2-10,12,14H,11,13H2,1H3,(H2,19,22,23). The van der Waals surface area contributed by atoms with Crippen molar-refractivity contribution in [2.24, 2.45) is 4.99 Å². The Morgan fingerprint density at radius 2 is 1.83 bits per heavy atom. The number of aliphatic imine (C=N–C) groups is 1. The largest absolute Gasteiger partial charge is 0.352 e. The zero-order chi connectivity index (χ0) is 16.6. The fourth-order valence-electron chi connectivity index (χ4n) is 2.26. The highest BCUT2D eigenvalue weighted by Gasteiger charge is 2.01. The molecule has 122 valence electrons. The van der Waals surface area contributed by atoms with Gasteiger partial charge in [0.05, 0.1) is 0 Å². The number of guanidine groups is 1. The predicted octanol–water partition coefficient (Wildman–Crippen LogP) is 2.13. The average Bonchev–Trinajstić information content (AvgIpc) is 3.18. The van der Waals surface area contributed by atoms with Gasteiger partial charge >= 0.3 is 0 Å². The summed E-state index contributed by atoms with van der Waals surface area (Å²) < 4.78 is 1.87. The van der Waals surface area contributed by atoms with Crippen LogP contribution in [0, 0.1) is 0 Å². The number of pyridine rings is 1. The zero-order valence-electron chi connectivity index (χ0n) is 13.6. The van der Waals surface area contributed by atoms with Crippen LogP contribution in [-0.2, 0) is 13.1 Å². The fourth-order valence-corrected chi connectivity index (χ4v) is 2.26. The Morgan fingerprint density at radius 1 is 1.04 bits per heavy atom. The Balaban J connectivity index is 1.52. The molecule has 0 amide bonds. The van der Waals surface area contributed by atoms with Gasteiger partial charge in [-0.05, 0) is 17.2 Å². The van der Waals surface area contributed by atoms with Crippen molar-refractivity contribution in [3.05, 3.63) is 78.5 Å². The van der Waals surface area contributed by atoms with Crippen molar-refractivity contribution in [3.63, 3.8) is 0 Å². The summed E-state index contributed by atoms with van der Waals surface area (Å²) >= 11 is 0. The van der Waals surface area contributed by atoms with Crippen LogP contribution in [0.5, 0.6) is 0 Å². The Labute approximate surface area is 141 Å². The molecule has 0 bridgehead atoms. The molecule has 0 radical (unpaired) electrons. The molecule has 2 N–H and O–H groups in total. The van der Waals surface area contributed by atoms with E-state index in [0.29, 0.717) is 6.54 Å². The summed E-state index contributed by atoms with van der Waals surface area (Å²) in [5.74, 6) is 1.61. The highest BCUT2D eigenvalue weighted by Crippen LogP contribution is 2.05. The van der Waals surface area contributed by atoms with E-state index < -0.39 is 0 Å². The van der Waals surface area contributed by atoms with Gasteiger partial charge in [0.15, 0.2) is 5.96 Å². The molecule has 2 heterocycles. The Hall–Kier alpha value is -3.15. The minimum atomic E-state index is 0.658. The molecule has 0 aliphatic rings. The number of nitrogens with zero attached hydrogens (tertiary/aromatic N) is 4. The second-order valence-corrected chi connectivity index (χ2v) is 5.26. The van der Waals surface area contributed by atoms with Crippen molar-refractivity contribution >= 4 is 5.96 Å². The lowest BCUT2D eigenvalue weighted by Crippen LogP contribution is -2.36. The smallest absolute Gasteiger partial charge is 0.191 e. The van der Waals surface area contributed by atoms with E-state index in [4.69, 9.17) is 0 Å². The summed E-state index contributed by atoms with van der Waals surface area (Å²) in [6.07, 6.45) is 7.19. The monoisotopic (exact) mass is 320 g/mol. The first-order valence-corrected chi connectivity index (χ1v) is 7.77. The quantitative estimate of drug-likeness (QED) is 0.558. The van der Waals surface area contributed by atoms with E-state index in [9.17, 15) is 0 Å². The molecule has 0 aliphatic carbocycles. The van der Waals surface area contributed by atoms with E-state index in [1.807, 2.05) is 47.3 Å². The van der Waals surface area contributed by atoms with Crippen LogP contribution in [0.1, 0.15) is 11.1 Å². The van der Waals surface area contributed by atoms with Gasteiger partial charge in [-0.3, -0.25) is 9.56 Å². The SMILES string of the molecule is CN=C(NCc1ccccc1)NCc1ccc(-n2ccnc2)nc1. The molecule has 3 aromatic rings. The molecule has 0 atom stereocenters. The summed E-state index contributed by atoms with van der Waals surface area (Å²) in [7, 11) is 1.76. The maximum absolute atomic E-state index is 4.44. The zero-order valence-corrected chi connectivity index (χ0v) is 13.6. The number of aromatic nitrogens is 3. The lowest BCUT2D eigenvalue weighted by molar-refractivity contribution is 0.805. The minimum absolute atomic E-state index is 0.658. The van der Waals surface area contributed by atoms with Gasteiger partial charge in [-0.2, -0.15) is 0 Å². The van der Waals surface area contributed by atoms with Gasteiger partial charge in [0.1, 0.15) is 12.1 Å². The molecule has 24 heavy (non-hydrogen) atoms. The highest BCUT2D eigenvalue weighted by molar-refractivity contribution is 5.79. The Kier molecular flexibility index (Phi) is 5.19. The van der Waals surface area contributed by atoms with E-state index >= 15 is 0 Å². The van der Waals surface area contributed by atoms with Crippen molar-refractivity contribution in [1.82, 2.24) is 25.2 Å². The predicted molar refractivity (Wildman–Crippen MR) is 94.8 cm³/mol. The second kappa shape index (κ2) is 7.92. The molecule has 6 heteroatoms. The van der Waals surface area contributed by atoms with Crippen molar-refractivity contribution < 1.29 is 0 Å². The topological polar surface area (TPSA) is 67.1 Å². The molecular weight excluding hydrogens is 300 g/mol. The van der Waals surface area contributed by atoms with Gasteiger partial charge in [-0.1, -0.05) is 36.4 Å². The van der Waals surface area contributed by atoms with Gasteiger partial charge in [0.25, 0.3) is 0 Å². The fraction of sp³-hybridized carbons (Fsp3) is 0.167. The maximum Gasteiger partial charge on any atom is 0.191 e. The first-order valence-electron chi connectivity index (χ1n) is 7.77. The van der Waals surface area contributed by atoms with Crippen molar-refractivity contribution in [3.8, 4) is 5.82 Å². The average molecular weight is 320 g/mol. The number of imidazole rings is 1. The maximum atomic E-state index is 4.44. The Bertz CT molecular complexity index is 763. The van der Waals surface area contributed by atoms with Crippen LogP contribution in [0.25, 0.3) is 5.82 Å². The molecule has 0 unspecified atom stereocenters. The Morgan fingerprint density at radius 3 is 2.46 bits per heavy atom. The van der Waals surface area contributed by atoms with Crippen LogP contribution in [0.4, 0.5) is 0 Å². The number of benzene rings is 1. The van der Waals surface area contributed by atoms with Gasteiger partial charge in [0, 0.05) is 38.7 Å². The van der Waals surface area contributed by atoms with Gasteiger partial charge in [-0.25, -0.2) is 9.97 Å². The van der Waals surface area contributed by atoms with Crippen LogP contribution in [0.15, 0.2) is 72.4 Å². The van der Waals surface area contributed by atoms with Crippen LogP contribution in [0.2, 0.25) is 0 Å². The first-order chi connectivity index (χ1) is 11.8. The first kappa shape index (κ1) is 15.7. The van der Waals surface area contributed by atoms with E-state index in [1.165, 1.54) is 5.56 Å². The van der Waals surface area contributed by atoms with Crippen LogP contribution in [0.3, 0.4) is 0 Å². The van der Waals surface area contributed by atoms with Gasteiger partial charge in [0.2, 0.25) is 0 Å². The van der Waals surface area contributed by atoms with Crippen molar-refractivity contribution in [1.29, 1.82) is 0 Å². The lowest BCUT2D eigenvalue weighted by atomic mass is 10.2. The number of nitrogens with one attached hydrogen (secondary N) is 2. The summed E-state index contributed by atoms with van der Waals surface area (Å²) in [4.78, 5) is 12.7. The lowest BCUT2D eigenvalue weighted by Gasteiger charge is -2.12. The third-order valence-corrected chi connectivity index (χ3v) is 3.56. The van der Waals surface area contributed by atoms with E-state index in [1.54, 1.807) is 19.6 Å². The normalized spacial score (nSPS) is 11.3. The molecule has 6 nitrogen and oxygen atoms in total. The summed E-state index contributed by atoms with van der Waals surface area (Å²) in [5.41, 5.74) is 2.30. The van der Waals surface area contributed by atoms with Crippen LogP contribution in [-0.4, -0.2) is 27.5 Å². The van der Waals surface area contributed by atoms with E-state index in [2.05, 4.69) is 37.7 Å². The molecule has 3 rings (SSSR count). The second-order valence-electron chi connectivity index (χ2n) is 5.26. The number of hydrogen-bond donors (Lipinski definition) is 2. The minimum Gasteiger partial charge on any atom is -0.352 e. The molecule has 0 aliphatic heterocycles. The van der Waals surface area contributed by atoms with Gasteiger partial charge < -0.3 is 10.6 Å². The van der Waals surface area contributed by atoms with Crippen LogP contribution >= 0.6 is 0 Å². The van der Waals surface area contributed by atoms with Gasteiger partial charge in [-0.15, -0.1) is 0 Å². The third-order valence-electron chi connectivity index (χ3n) is 3.56. The summed E-state index contributed by atoms with van der Waals surface area (Å²) in [5, 5.41) is 6.59. The number of rotatable bonds is 5. The number of hydrogen-bond acceptors (Lipinski definition) is 3. The molecule has 0 saturated heterocycles. The van der Waals surface area contributed by atoms with Crippen molar-refractivity contribution in [2.75, 3.05) is 7.05 Å². The summed E-state index contributed by atoms with van der Waals surface area (Å²) in [6.45, 7) is 1.39. The molecular formula is C18H20N6. The van der Waals surface area contributed by atoms with Crippen LogP contribution < -0.4 is 10.6 Å². The molecule has 0 saturated carbocycles. The van der Waals surface area contributed by atoms with Crippen molar-refractivity contribution in [2.45, 2.75) is 13.1 Å².